The fourth-order valence-electron chi connectivity index (χ4n) is 6.18. The van der Waals surface area contributed by atoms with Crippen LogP contribution in [-0.2, 0) is 9.59 Å². The Morgan fingerprint density at radius 1 is 1.00 bits per heavy atom. The van der Waals surface area contributed by atoms with Crippen LogP contribution in [0.3, 0.4) is 0 Å². The third-order valence-corrected chi connectivity index (χ3v) is 7.91. The van der Waals surface area contributed by atoms with Crippen molar-refractivity contribution in [3.8, 4) is 0 Å². The minimum Gasteiger partial charge on any atom is -0.355 e. The summed E-state index contributed by atoms with van der Waals surface area (Å²) < 4.78 is 0. The minimum absolute atomic E-state index is 0.0759. The molecule has 0 aliphatic heterocycles. The smallest absolute Gasteiger partial charge is 0.239 e. The Hall–Kier alpha value is -1.96. The van der Waals surface area contributed by atoms with Gasteiger partial charge in [-0.3, -0.25) is 9.59 Å². The maximum Gasteiger partial charge on any atom is 0.239 e. The van der Waals surface area contributed by atoms with Gasteiger partial charge in [0.05, 0.1) is 12.1 Å². The number of carbonyl (C=O) groups is 2. The molecule has 0 saturated heterocycles. The monoisotopic (exact) mass is 471 g/mol. The SMILES string of the molecule is CCN(C(=O)[C@@H](N)CCCCNC(=O)[C@@H](N)CCCCN)C1C2CCC(C2)C1c1ccccc1. The Balaban J connectivity index is 1.46. The predicted octanol–water partition coefficient (Wildman–Crippen LogP) is 2.49. The lowest BCUT2D eigenvalue weighted by Crippen LogP contribution is -2.52. The molecule has 2 aliphatic rings. The van der Waals surface area contributed by atoms with E-state index in [2.05, 4.69) is 47.5 Å². The van der Waals surface area contributed by atoms with Crippen molar-refractivity contribution in [1.82, 2.24) is 10.2 Å². The molecule has 7 N–H and O–H groups in total. The number of carbonyl (C=O) groups excluding carboxylic acids is 2. The van der Waals surface area contributed by atoms with Gasteiger partial charge in [0.25, 0.3) is 0 Å². The molecule has 2 aliphatic carbocycles. The van der Waals surface area contributed by atoms with Crippen LogP contribution >= 0.6 is 0 Å². The van der Waals surface area contributed by atoms with Crippen LogP contribution in [0.4, 0.5) is 0 Å². The Labute approximate surface area is 205 Å². The molecule has 7 nitrogen and oxygen atoms in total. The molecular formula is C27H45N5O2. The van der Waals surface area contributed by atoms with E-state index in [0.717, 1.165) is 25.7 Å². The summed E-state index contributed by atoms with van der Waals surface area (Å²) in [7, 11) is 0. The van der Waals surface area contributed by atoms with Crippen LogP contribution < -0.4 is 22.5 Å². The molecule has 190 valence electrons. The zero-order valence-electron chi connectivity index (χ0n) is 20.8. The first-order valence-electron chi connectivity index (χ1n) is 13.3. The van der Waals surface area contributed by atoms with Gasteiger partial charge in [-0.2, -0.15) is 0 Å². The van der Waals surface area contributed by atoms with Crippen molar-refractivity contribution in [2.24, 2.45) is 29.0 Å². The second kappa shape index (κ2) is 13.2. The summed E-state index contributed by atoms with van der Waals surface area (Å²) in [5.74, 6) is 1.63. The topological polar surface area (TPSA) is 127 Å². The number of hydrogen-bond donors (Lipinski definition) is 4. The summed E-state index contributed by atoms with van der Waals surface area (Å²) in [6, 6.07) is 9.98. The third kappa shape index (κ3) is 6.58. The molecule has 4 unspecified atom stereocenters. The molecular weight excluding hydrogens is 426 g/mol. The first-order chi connectivity index (χ1) is 16.5. The van der Waals surface area contributed by atoms with Crippen molar-refractivity contribution in [1.29, 1.82) is 0 Å². The quantitative estimate of drug-likeness (QED) is 0.310. The summed E-state index contributed by atoms with van der Waals surface area (Å²) >= 11 is 0. The normalized spacial score (nSPS) is 25.2. The van der Waals surface area contributed by atoms with E-state index in [-0.39, 0.29) is 17.9 Å². The van der Waals surface area contributed by atoms with E-state index in [1.54, 1.807) is 0 Å². The Morgan fingerprint density at radius 3 is 2.38 bits per heavy atom. The van der Waals surface area contributed by atoms with E-state index in [1.165, 1.54) is 24.8 Å². The first-order valence-corrected chi connectivity index (χ1v) is 13.3. The third-order valence-electron chi connectivity index (χ3n) is 7.91. The maximum absolute atomic E-state index is 13.4. The van der Waals surface area contributed by atoms with E-state index >= 15 is 0 Å². The summed E-state index contributed by atoms with van der Waals surface area (Å²) in [6.07, 6.45) is 8.32. The average Bonchev–Trinajstić information content (AvgIpc) is 3.47. The molecule has 6 atom stereocenters. The van der Waals surface area contributed by atoms with Gasteiger partial charge in [0.15, 0.2) is 0 Å². The number of nitrogens with two attached hydrogens (primary N) is 3. The minimum atomic E-state index is -0.496. The maximum atomic E-state index is 13.4. The van der Waals surface area contributed by atoms with E-state index < -0.39 is 12.1 Å². The number of fused-ring (bicyclic) bond motifs is 2. The molecule has 1 aromatic rings. The number of amides is 2. The average molecular weight is 472 g/mol. The van der Waals surface area contributed by atoms with Crippen LogP contribution in [0.5, 0.6) is 0 Å². The zero-order chi connectivity index (χ0) is 24.5. The molecule has 7 heteroatoms. The fourth-order valence-corrected chi connectivity index (χ4v) is 6.18. The molecule has 2 fully saturated rings. The van der Waals surface area contributed by atoms with Crippen molar-refractivity contribution in [2.45, 2.75) is 88.8 Å². The lowest BCUT2D eigenvalue weighted by Gasteiger charge is -2.40. The Bertz CT molecular complexity index is 774. The van der Waals surface area contributed by atoms with Crippen LogP contribution in [0.15, 0.2) is 30.3 Å². The molecule has 2 bridgehead atoms. The molecule has 3 rings (SSSR count). The first kappa shape index (κ1) is 26.6. The molecule has 2 amide bonds. The molecule has 0 radical (unpaired) electrons. The standard InChI is InChI=1S/C27H45N5O2/c1-2-32(25-21-15-14-20(18-21)24(25)19-10-4-3-5-11-19)27(34)23(30)13-7-9-17-31-26(33)22(29)12-6-8-16-28/h3-5,10-11,20-25H,2,6-9,12-18,28-30H2,1H3,(H,31,33)/t20?,21?,22-,23-,24?,25?/m0/s1. The van der Waals surface area contributed by atoms with Crippen molar-refractivity contribution in [2.75, 3.05) is 19.6 Å². The highest BCUT2D eigenvalue weighted by Crippen LogP contribution is 2.54. The van der Waals surface area contributed by atoms with E-state index in [4.69, 9.17) is 17.2 Å². The lowest BCUT2D eigenvalue weighted by molar-refractivity contribution is -0.136. The van der Waals surface area contributed by atoms with Gasteiger partial charge in [-0.1, -0.05) is 36.8 Å². The van der Waals surface area contributed by atoms with Crippen molar-refractivity contribution in [3.05, 3.63) is 35.9 Å². The van der Waals surface area contributed by atoms with E-state index in [1.807, 2.05) is 0 Å². The van der Waals surface area contributed by atoms with Gasteiger partial charge in [-0.05, 0) is 82.2 Å². The largest absolute Gasteiger partial charge is 0.355 e. The van der Waals surface area contributed by atoms with Crippen molar-refractivity contribution < 1.29 is 9.59 Å². The highest BCUT2D eigenvalue weighted by molar-refractivity contribution is 5.82. The van der Waals surface area contributed by atoms with Crippen LogP contribution in [0.25, 0.3) is 0 Å². The number of hydrogen-bond acceptors (Lipinski definition) is 5. The van der Waals surface area contributed by atoms with Gasteiger partial charge >= 0.3 is 0 Å². The lowest BCUT2D eigenvalue weighted by atomic mass is 9.78. The van der Waals surface area contributed by atoms with Crippen LogP contribution in [0.1, 0.15) is 76.2 Å². The van der Waals surface area contributed by atoms with Gasteiger partial charge in [-0.25, -0.2) is 0 Å². The number of nitrogens with one attached hydrogen (secondary N) is 1. The Morgan fingerprint density at radius 2 is 1.68 bits per heavy atom. The van der Waals surface area contributed by atoms with Crippen LogP contribution in [0.2, 0.25) is 0 Å². The second-order valence-corrected chi connectivity index (χ2v) is 10.2. The second-order valence-electron chi connectivity index (χ2n) is 10.2. The highest BCUT2D eigenvalue weighted by Gasteiger charge is 2.51. The van der Waals surface area contributed by atoms with E-state index in [9.17, 15) is 9.59 Å². The molecule has 0 spiro atoms. The van der Waals surface area contributed by atoms with Crippen molar-refractivity contribution >= 4 is 11.8 Å². The van der Waals surface area contributed by atoms with Crippen molar-refractivity contribution in [3.63, 3.8) is 0 Å². The fraction of sp³-hybridized carbons (Fsp3) is 0.704. The van der Waals surface area contributed by atoms with Gasteiger partial charge < -0.3 is 27.4 Å². The number of nitrogens with zero attached hydrogens (tertiary/aromatic N) is 1. The van der Waals surface area contributed by atoms with Gasteiger partial charge in [0.2, 0.25) is 11.8 Å². The summed E-state index contributed by atoms with van der Waals surface area (Å²) in [6.45, 7) is 3.95. The summed E-state index contributed by atoms with van der Waals surface area (Å²) in [5.41, 5.74) is 19.2. The molecule has 0 aromatic heterocycles. The molecule has 2 saturated carbocycles. The molecule has 34 heavy (non-hydrogen) atoms. The Kier molecular flexibility index (Phi) is 10.4. The summed E-state index contributed by atoms with van der Waals surface area (Å²) in [5, 5.41) is 2.90. The number of benzene rings is 1. The van der Waals surface area contributed by atoms with E-state index in [0.29, 0.717) is 50.2 Å². The van der Waals surface area contributed by atoms with Crippen LogP contribution in [0, 0.1) is 11.8 Å². The van der Waals surface area contributed by atoms with Gasteiger partial charge in [0.1, 0.15) is 0 Å². The highest BCUT2D eigenvalue weighted by atomic mass is 16.2. The summed E-state index contributed by atoms with van der Waals surface area (Å²) in [4.78, 5) is 27.6. The zero-order valence-corrected chi connectivity index (χ0v) is 20.8. The number of likely N-dealkylation sites (N-methyl/N-ethyl adjacent to an activating group) is 1. The predicted molar refractivity (Wildman–Crippen MR) is 137 cm³/mol. The molecule has 0 heterocycles. The van der Waals surface area contributed by atoms with Gasteiger partial charge in [0, 0.05) is 25.0 Å². The number of unbranched alkanes of at least 4 members (excludes halogenated alkanes) is 2. The van der Waals surface area contributed by atoms with Gasteiger partial charge in [-0.15, -0.1) is 0 Å². The van der Waals surface area contributed by atoms with Crippen LogP contribution in [-0.4, -0.2) is 54.5 Å². The number of rotatable bonds is 14. The molecule has 1 aromatic carbocycles.